The molecule has 0 saturated carbocycles. The fourth-order valence-electron chi connectivity index (χ4n) is 2.26. The van der Waals surface area contributed by atoms with Gasteiger partial charge in [0.15, 0.2) is 6.10 Å². The molecule has 1 N–H and O–H groups in total. The Kier molecular flexibility index (Phi) is 4.90. The molecule has 2 aromatic heterocycles. The van der Waals surface area contributed by atoms with Crippen LogP contribution in [-0.2, 0) is 9.53 Å². The molecule has 0 aliphatic heterocycles. The molecule has 3 rings (SSSR count). The van der Waals surface area contributed by atoms with Crippen LogP contribution in [0.1, 0.15) is 17.3 Å². The molecule has 1 unspecified atom stereocenters. The number of carbonyl (C=O) groups excluding carboxylic acids is 2. The lowest BCUT2D eigenvalue weighted by Crippen LogP contribution is -2.30. The molecular formula is C18H14ClN3O3. The third kappa shape index (κ3) is 3.92. The first kappa shape index (κ1) is 16.9. The van der Waals surface area contributed by atoms with Crippen molar-refractivity contribution in [1.29, 1.82) is 0 Å². The van der Waals surface area contributed by atoms with Crippen molar-refractivity contribution in [3.05, 3.63) is 65.6 Å². The molecule has 2 heterocycles. The Morgan fingerprint density at radius 1 is 1.12 bits per heavy atom. The summed E-state index contributed by atoms with van der Waals surface area (Å²) in [5.41, 5.74) is 1.59. The lowest BCUT2D eigenvalue weighted by Gasteiger charge is -2.14. The highest BCUT2D eigenvalue weighted by Crippen LogP contribution is 2.21. The molecule has 1 amide bonds. The first-order valence-corrected chi connectivity index (χ1v) is 7.89. The van der Waals surface area contributed by atoms with Gasteiger partial charge in [0.05, 0.1) is 16.8 Å². The molecular weight excluding hydrogens is 342 g/mol. The van der Waals surface area contributed by atoms with Crippen LogP contribution in [0.5, 0.6) is 0 Å². The van der Waals surface area contributed by atoms with Crippen LogP contribution in [0.2, 0.25) is 5.15 Å². The molecule has 0 fully saturated rings. The Labute approximate surface area is 148 Å². The van der Waals surface area contributed by atoms with E-state index in [2.05, 4.69) is 15.3 Å². The Hall–Kier alpha value is -2.99. The number of hydrogen-bond acceptors (Lipinski definition) is 5. The van der Waals surface area contributed by atoms with Crippen LogP contribution in [-0.4, -0.2) is 27.9 Å². The van der Waals surface area contributed by atoms with E-state index in [0.29, 0.717) is 5.69 Å². The maximum absolute atomic E-state index is 12.3. The number of ether oxygens (including phenoxy) is 1. The molecule has 3 aromatic rings. The van der Waals surface area contributed by atoms with Gasteiger partial charge in [-0.05, 0) is 43.3 Å². The molecule has 0 aliphatic rings. The number of amides is 1. The van der Waals surface area contributed by atoms with Crippen molar-refractivity contribution in [3.63, 3.8) is 0 Å². The minimum atomic E-state index is -0.980. The zero-order valence-corrected chi connectivity index (χ0v) is 14.0. The van der Waals surface area contributed by atoms with Gasteiger partial charge in [0.2, 0.25) is 0 Å². The van der Waals surface area contributed by atoms with Gasteiger partial charge < -0.3 is 10.1 Å². The molecule has 1 aromatic carbocycles. The molecule has 126 valence electrons. The average molecular weight is 356 g/mol. The second kappa shape index (κ2) is 7.27. The molecule has 0 radical (unpaired) electrons. The lowest BCUT2D eigenvalue weighted by molar-refractivity contribution is -0.123. The third-order valence-electron chi connectivity index (χ3n) is 3.52. The van der Waals surface area contributed by atoms with Crippen LogP contribution >= 0.6 is 11.6 Å². The standard InChI is InChI=1S/C18H14ClN3O3/c1-11(25-18(24)12-7-9-21-16(19)10-12)17(23)22-15-6-2-5-14-13(15)4-3-8-20-14/h2-11H,1H3,(H,22,23). The maximum atomic E-state index is 12.3. The van der Waals surface area contributed by atoms with E-state index in [1.165, 1.54) is 25.3 Å². The van der Waals surface area contributed by atoms with Gasteiger partial charge >= 0.3 is 5.97 Å². The fraction of sp³-hybridized carbons (Fsp3) is 0.111. The van der Waals surface area contributed by atoms with Gasteiger partial charge in [0, 0.05) is 17.8 Å². The van der Waals surface area contributed by atoms with E-state index in [1.54, 1.807) is 24.4 Å². The number of esters is 1. The van der Waals surface area contributed by atoms with Crippen LogP contribution in [0, 0.1) is 0 Å². The lowest BCUT2D eigenvalue weighted by atomic mass is 10.2. The van der Waals surface area contributed by atoms with Crippen molar-refractivity contribution >= 4 is 40.1 Å². The normalized spacial score (nSPS) is 11.8. The molecule has 6 nitrogen and oxygen atoms in total. The number of nitrogens with one attached hydrogen (secondary N) is 1. The highest BCUT2D eigenvalue weighted by molar-refractivity contribution is 6.29. The minimum Gasteiger partial charge on any atom is -0.449 e. The first-order valence-electron chi connectivity index (χ1n) is 7.52. The average Bonchev–Trinajstić information content (AvgIpc) is 2.62. The summed E-state index contributed by atoms with van der Waals surface area (Å²) in [6.07, 6.45) is 2.09. The van der Waals surface area contributed by atoms with Crippen LogP contribution in [0.4, 0.5) is 5.69 Å². The second-order valence-corrected chi connectivity index (χ2v) is 5.67. The smallest absolute Gasteiger partial charge is 0.339 e. The predicted molar refractivity (Wildman–Crippen MR) is 94.5 cm³/mol. The summed E-state index contributed by atoms with van der Waals surface area (Å²) in [5.74, 6) is -1.09. The Bertz CT molecular complexity index is 940. The van der Waals surface area contributed by atoms with E-state index in [9.17, 15) is 9.59 Å². The maximum Gasteiger partial charge on any atom is 0.339 e. The number of rotatable bonds is 4. The zero-order valence-electron chi connectivity index (χ0n) is 13.3. The van der Waals surface area contributed by atoms with E-state index in [1.807, 2.05) is 12.1 Å². The highest BCUT2D eigenvalue weighted by Gasteiger charge is 2.20. The third-order valence-corrected chi connectivity index (χ3v) is 3.73. The van der Waals surface area contributed by atoms with Gasteiger partial charge in [-0.3, -0.25) is 9.78 Å². The van der Waals surface area contributed by atoms with Crippen LogP contribution in [0.3, 0.4) is 0 Å². The van der Waals surface area contributed by atoms with E-state index in [4.69, 9.17) is 16.3 Å². The summed E-state index contributed by atoms with van der Waals surface area (Å²) < 4.78 is 5.18. The van der Waals surface area contributed by atoms with E-state index < -0.39 is 18.0 Å². The van der Waals surface area contributed by atoms with Gasteiger partial charge in [-0.1, -0.05) is 17.7 Å². The Morgan fingerprint density at radius 3 is 2.76 bits per heavy atom. The zero-order chi connectivity index (χ0) is 17.8. The van der Waals surface area contributed by atoms with Crippen molar-refractivity contribution in [2.75, 3.05) is 5.32 Å². The molecule has 1 atom stereocenters. The monoisotopic (exact) mass is 355 g/mol. The number of nitrogens with zero attached hydrogens (tertiary/aromatic N) is 2. The van der Waals surface area contributed by atoms with Crippen molar-refractivity contribution in [2.45, 2.75) is 13.0 Å². The predicted octanol–water partition coefficient (Wildman–Crippen LogP) is 3.47. The first-order chi connectivity index (χ1) is 12.0. The Balaban J connectivity index is 1.71. The van der Waals surface area contributed by atoms with E-state index in [-0.39, 0.29) is 10.7 Å². The quantitative estimate of drug-likeness (QED) is 0.572. The summed E-state index contributed by atoms with van der Waals surface area (Å²) in [6.45, 7) is 1.50. The van der Waals surface area contributed by atoms with Gasteiger partial charge in [0.25, 0.3) is 5.91 Å². The van der Waals surface area contributed by atoms with E-state index >= 15 is 0 Å². The number of anilines is 1. The van der Waals surface area contributed by atoms with Gasteiger partial charge in [-0.25, -0.2) is 9.78 Å². The minimum absolute atomic E-state index is 0.176. The number of carbonyl (C=O) groups is 2. The molecule has 0 spiro atoms. The summed E-state index contributed by atoms with van der Waals surface area (Å²) in [6, 6.07) is 11.9. The molecule has 7 heteroatoms. The van der Waals surface area contributed by atoms with E-state index in [0.717, 1.165) is 10.9 Å². The molecule has 0 bridgehead atoms. The number of fused-ring (bicyclic) bond motifs is 1. The van der Waals surface area contributed by atoms with Crippen LogP contribution in [0.25, 0.3) is 10.9 Å². The van der Waals surface area contributed by atoms with Crippen molar-refractivity contribution in [3.8, 4) is 0 Å². The SMILES string of the molecule is CC(OC(=O)c1ccnc(Cl)c1)C(=O)Nc1cccc2ncccc12. The topological polar surface area (TPSA) is 81.2 Å². The number of aromatic nitrogens is 2. The number of halogens is 1. The number of benzene rings is 1. The number of hydrogen-bond donors (Lipinski definition) is 1. The summed E-state index contributed by atoms with van der Waals surface area (Å²) in [4.78, 5) is 32.4. The summed E-state index contributed by atoms with van der Waals surface area (Å²) >= 11 is 5.75. The van der Waals surface area contributed by atoms with Crippen LogP contribution in [0.15, 0.2) is 54.9 Å². The Morgan fingerprint density at radius 2 is 1.96 bits per heavy atom. The molecule has 0 aliphatic carbocycles. The van der Waals surface area contributed by atoms with Crippen LogP contribution < -0.4 is 5.32 Å². The summed E-state index contributed by atoms with van der Waals surface area (Å²) in [5, 5.41) is 3.74. The van der Waals surface area contributed by atoms with Crippen molar-refractivity contribution in [2.24, 2.45) is 0 Å². The van der Waals surface area contributed by atoms with Crippen molar-refractivity contribution in [1.82, 2.24) is 9.97 Å². The second-order valence-electron chi connectivity index (χ2n) is 5.28. The fourth-order valence-corrected chi connectivity index (χ4v) is 2.43. The van der Waals surface area contributed by atoms with Gasteiger partial charge in [0.1, 0.15) is 5.15 Å². The highest BCUT2D eigenvalue weighted by atomic mass is 35.5. The van der Waals surface area contributed by atoms with Crippen molar-refractivity contribution < 1.29 is 14.3 Å². The molecule has 0 saturated heterocycles. The number of pyridine rings is 2. The van der Waals surface area contributed by atoms with Gasteiger partial charge in [-0.15, -0.1) is 0 Å². The van der Waals surface area contributed by atoms with Gasteiger partial charge in [-0.2, -0.15) is 0 Å². The molecule has 25 heavy (non-hydrogen) atoms. The largest absolute Gasteiger partial charge is 0.449 e. The summed E-state index contributed by atoms with van der Waals surface area (Å²) in [7, 11) is 0.